The molecule has 0 bridgehead atoms. The Labute approximate surface area is 113 Å². The maximum Gasteiger partial charge on any atom is 0.0448 e. The lowest BCUT2D eigenvalue weighted by atomic mass is 9.87. The molecule has 0 fully saturated rings. The molecule has 0 atom stereocenters. The summed E-state index contributed by atoms with van der Waals surface area (Å²) < 4.78 is 0. The molecule has 0 heterocycles. The molecular formula is C15H33NO2. The second kappa shape index (κ2) is 11.9. The van der Waals surface area contributed by atoms with E-state index in [1.165, 1.54) is 44.9 Å². The quantitative estimate of drug-likeness (QED) is 0.445. The van der Waals surface area contributed by atoms with Crippen molar-refractivity contribution in [3.63, 3.8) is 0 Å². The predicted molar refractivity (Wildman–Crippen MR) is 77.6 cm³/mol. The Kier molecular flexibility index (Phi) is 11.9. The van der Waals surface area contributed by atoms with Crippen molar-refractivity contribution in [3.05, 3.63) is 0 Å². The third kappa shape index (κ3) is 9.86. The van der Waals surface area contributed by atoms with Gasteiger partial charge in [-0.05, 0) is 19.3 Å². The smallest absolute Gasteiger partial charge is 0.0448 e. The molecule has 110 valence electrons. The first-order valence-corrected chi connectivity index (χ1v) is 7.69. The fourth-order valence-electron chi connectivity index (χ4n) is 2.43. The molecule has 0 aromatic heterocycles. The number of rotatable bonds is 13. The van der Waals surface area contributed by atoms with Crippen molar-refractivity contribution in [2.24, 2.45) is 5.73 Å². The van der Waals surface area contributed by atoms with Crippen LogP contribution in [0.1, 0.15) is 77.6 Å². The normalized spacial score (nSPS) is 12.0. The zero-order valence-corrected chi connectivity index (χ0v) is 12.2. The van der Waals surface area contributed by atoms with Gasteiger partial charge in [0.2, 0.25) is 0 Å². The highest BCUT2D eigenvalue weighted by Crippen LogP contribution is 2.20. The average Bonchev–Trinajstić information content (AvgIpc) is 2.33. The summed E-state index contributed by atoms with van der Waals surface area (Å²) in [5.41, 5.74) is 5.82. The van der Waals surface area contributed by atoms with E-state index in [1.54, 1.807) is 0 Å². The molecule has 0 saturated heterocycles. The second-order valence-corrected chi connectivity index (χ2v) is 5.53. The van der Waals surface area contributed by atoms with Gasteiger partial charge >= 0.3 is 0 Å². The molecule has 0 unspecified atom stereocenters. The molecular weight excluding hydrogens is 226 g/mol. The lowest BCUT2D eigenvalue weighted by Crippen LogP contribution is -2.41. The Morgan fingerprint density at radius 2 is 1.17 bits per heavy atom. The van der Waals surface area contributed by atoms with Crippen LogP contribution in [0.2, 0.25) is 0 Å². The minimum Gasteiger partial charge on any atom is -0.396 e. The van der Waals surface area contributed by atoms with Gasteiger partial charge in [-0.15, -0.1) is 0 Å². The summed E-state index contributed by atoms with van der Waals surface area (Å²) in [7, 11) is 0. The minimum atomic E-state index is -0.355. The Morgan fingerprint density at radius 1 is 0.722 bits per heavy atom. The van der Waals surface area contributed by atoms with Gasteiger partial charge in [0, 0.05) is 18.8 Å². The van der Waals surface area contributed by atoms with Crippen LogP contribution in [0.3, 0.4) is 0 Å². The molecule has 0 aliphatic carbocycles. The van der Waals surface area contributed by atoms with Crippen LogP contribution in [0.4, 0.5) is 0 Å². The Morgan fingerprint density at radius 3 is 1.61 bits per heavy atom. The molecule has 3 heteroatoms. The van der Waals surface area contributed by atoms with Crippen molar-refractivity contribution in [1.82, 2.24) is 0 Å². The number of hydrogen-bond acceptors (Lipinski definition) is 3. The fourth-order valence-corrected chi connectivity index (χ4v) is 2.43. The molecule has 0 aliphatic heterocycles. The molecule has 4 N–H and O–H groups in total. The molecule has 0 saturated carbocycles. The Hall–Kier alpha value is -0.120. The van der Waals surface area contributed by atoms with Gasteiger partial charge in [-0.25, -0.2) is 0 Å². The van der Waals surface area contributed by atoms with Gasteiger partial charge in [0.1, 0.15) is 0 Å². The first kappa shape index (κ1) is 17.9. The van der Waals surface area contributed by atoms with Crippen molar-refractivity contribution < 1.29 is 10.2 Å². The van der Waals surface area contributed by atoms with Gasteiger partial charge < -0.3 is 15.9 Å². The van der Waals surface area contributed by atoms with E-state index in [-0.39, 0.29) is 18.8 Å². The van der Waals surface area contributed by atoms with Gasteiger partial charge in [0.25, 0.3) is 0 Å². The number of aliphatic hydroxyl groups is 2. The largest absolute Gasteiger partial charge is 0.396 e. The third-order valence-electron chi connectivity index (χ3n) is 3.75. The maximum atomic E-state index is 8.99. The van der Waals surface area contributed by atoms with Crippen LogP contribution in [-0.4, -0.2) is 29.0 Å². The van der Waals surface area contributed by atoms with Crippen LogP contribution in [0.25, 0.3) is 0 Å². The SMILES string of the molecule is CCCCCCCCCCC(N)(CCO)CCO. The van der Waals surface area contributed by atoms with Gasteiger partial charge in [-0.1, -0.05) is 58.3 Å². The molecule has 0 radical (unpaired) electrons. The van der Waals surface area contributed by atoms with E-state index in [4.69, 9.17) is 15.9 Å². The van der Waals surface area contributed by atoms with E-state index in [0.717, 1.165) is 12.8 Å². The topological polar surface area (TPSA) is 66.5 Å². The zero-order valence-electron chi connectivity index (χ0n) is 12.2. The van der Waals surface area contributed by atoms with E-state index in [2.05, 4.69) is 6.92 Å². The molecule has 3 nitrogen and oxygen atoms in total. The lowest BCUT2D eigenvalue weighted by molar-refractivity contribution is 0.183. The predicted octanol–water partition coefficient (Wildman–Crippen LogP) is 2.98. The fraction of sp³-hybridized carbons (Fsp3) is 1.00. The van der Waals surface area contributed by atoms with Crippen molar-refractivity contribution in [1.29, 1.82) is 0 Å². The molecule has 0 aromatic rings. The summed E-state index contributed by atoms with van der Waals surface area (Å²) in [6, 6.07) is 0. The van der Waals surface area contributed by atoms with Crippen molar-refractivity contribution in [2.45, 2.75) is 83.1 Å². The number of aliphatic hydroxyl groups excluding tert-OH is 2. The molecule has 18 heavy (non-hydrogen) atoms. The Bertz CT molecular complexity index is 168. The minimum absolute atomic E-state index is 0.119. The van der Waals surface area contributed by atoms with E-state index in [0.29, 0.717) is 12.8 Å². The number of nitrogens with two attached hydrogens (primary N) is 1. The lowest BCUT2D eigenvalue weighted by Gasteiger charge is -2.28. The summed E-state index contributed by atoms with van der Waals surface area (Å²) in [6.45, 7) is 2.48. The van der Waals surface area contributed by atoms with Crippen molar-refractivity contribution in [3.8, 4) is 0 Å². The summed E-state index contributed by atoms with van der Waals surface area (Å²) in [5, 5.41) is 18.0. The number of hydrogen-bond donors (Lipinski definition) is 3. The van der Waals surface area contributed by atoms with Crippen molar-refractivity contribution >= 4 is 0 Å². The highest BCUT2D eigenvalue weighted by atomic mass is 16.3. The van der Waals surface area contributed by atoms with E-state index < -0.39 is 0 Å². The van der Waals surface area contributed by atoms with Crippen LogP contribution in [0.5, 0.6) is 0 Å². The molecule has 0 aromatic carbocycles. The van der Waals surface area contributed by atoms with E-state index in [1.807, 2.05) is 0 Å². The first-order valence-electron chi connectivity index (χ1n) is 7.69. The standard InChI is InChI=1S/C15H33NO2/c1-2-3-4-5-6-7-8-9-10-15(16,11-13-17)12-14-18/h17-18H,2-14,16H2,1H3. The van der Waals surface area contributed by atoms with Gasteiger partial charge in [-0.3, -0.25) is 0 Å². The Balaban J connectivity index is 3.49. The zero-order chi connectivity index (χ0) is 13.7. The van der Waals surface area contributed by atoms with Crippen LogP contribution in [-0.2, 0) is 0 Å². The van der Waals surface area contributed by atoms with E-state index in [9.17, 15) is 0 Å². The molecule has 0 aliphatic rings. The second-order valence-electron chi connectivity index (χ2n) is 5.53. The van der Waals surface area contributed by atoms with Crippen molar-refractivity contribution in [2.75, 3.05) is 13.2 Å². The summed E-state index contributed by atoms with van der Waals surface area (Å²) in [5.74, 6) is 0. The monoisotopic (exact) mass is 259 g/mol. The molecule has 0 spiro atoms. The number of unbranched alkanes of at least 4 members (excludes halogenated alkanes) is 7. The summed E-state index contributed by atoms with van der Waals surface area (Å²) in [4.78, 5) is 0. The third-order valence-corrected chi connectivity index (χ3v) is 3.75. The van der Waals surface area contributed by atoms with Crippen LogP contribution in [0, 0.1) is 0 Å². The van der Waals surface area contributed by atoms with Gasteiger partial charge in [0.05, 0.1) is 0 Å². The van der Waals surface area contributed by atoms with Crippen LogP contribution < -0.4 is 5.73 Å². The van der Waals surface area contributed by atoms with Crippen LogP contribution >= 0.6 is 0 Å². The maximum absolute atomic E-state index is 8.99. The molecule has 0 rings (SSSR count). The highest BCUT2D eigenvalue weighted by molar-refractivity contribution is 4.83. The highest BCUT2D eigenvalue weighted by Gasteiger charge is 2.22. The summed E-state index contributed by atoms with van der Waals surface area (Å²) >= 11 is 0. The van der Waals surface area contributed by atoms with Gasteiger partial charge in [-0.2, -0.15) is 0 Å². The first-order chi connectivity index (χ1) is 8.68. The molecule has 0 amide bonds. The van der Waals surface area contributed by atoms with Gasteiger partial charge in [0.15, 0.2) is 0 Å². The van der Waals surface area contributed by atoms with E-state index >= 15 is 0 Å². The summed E-state index contributed by atoms with van der Waals surface area (Å²) in [6.07, 6.45) is 12.5. The van der Waals surface area contributed by atoms with Crippen LogP contribution in [0.15, 0.2) is 0 Å². The average molecular weight is 259 g/mol.